The third-order valence-electron chi connectivity index (χ3n) is 3.35. The molecule has 0 saturated heterocycles. The third kappa shape index (κ3) is 4.53. The Balaban J connectivity index is 1.93. The Morgan fingerprint density at radius 3 is 2.61 bits per heavy atom. The van der Waals surface area contributed by atoms with Gasteiger partial charge in [0.25, 0.3) is 0 Å². The first-order chi connectivity index (χ1) is 10.9. The Labute approximate surface area is 136 Å². The van der Waals surface area contributed by atoms with E-state index in [1.807, 2.05) is 26.0 Å². The molecular weight excluding hydrogens is 318 g/mol. The summed E-state index contributed by atoms with van der Waals surface area (Å²) in [6.45, 7) is 3.85. The quantitative estimate of drug-likeness (QED) is 0.845. The van der Waals surface area contributed by atoms with E-state index in [2.05, 4.69) is 5.32 Å². The van der Waals surface area contributed by atoms with Gasteiger partial charge in [-0.25, -0.2) is 4.79 Å². The van der Waals surface area contributed by atoms with Gasteiger partial charge in [0.15, 0.2) is 0 Å². The van der Waals surface area contributed by atoms with Crippen LogP contribution in [0, 0.1) is 13.8 Å². The van der Waals surface area contributed by atoms with Crippen molar-refractivity contribution in [3.05, 3.63) is 53.0 Å². The molecule has 0 aliphatic heterocycles. The van der Waals surface area contributed by atoms with Crippen LogP contribution in [-0.2, 0) is 21.3 Å². The zero-order chi connectivity index (χ0) is 17.0. The van der Waals surface area contributed by atoms with E-state index in [9.17, 15) is 13.8 Å². The molecule has 1 heterocycles. The number of carbonyl (C=O) groups is 2. The Kier molecular flexibility index (Phi) is 5.33. The van der Waals surface area contributed by atoms with Crippen molar-refractivity contribution >= 4 is 28.4 Å². The predicted octanol–water partition coefficient (Wildman–Crippen LogP) is 2.48. The molecule has 0 bridgehead atoms. The van der Waals surface area contributed by atoms with Gasteiger partial charge in [0.1, 0.15) is 11.5 Å². The van der Waals surface area contributed by atoms with Gasteiger partial charge in [-0.05, 0) is 43.2 Å². The molecule has 0 aliphatic rings. The summed E-state index contributed by atoms with van der Waals surface area (Å²) in [7, 11) is -1.49. The fourth-order valence-corrected chi connectivity index (χ4v) is 2.94. The molecule has 0 spiro atoms. The van der Waals surface area contributed by atoms with Gasteiger partial charge in [0, 0.05) is 16.5 Å². The SMILES string of the molecule is Cc1cccc(NC(=O)CS(=O)Cc2ccc(C(=O)O)o2)c1C. The monoisotopic (exact) mass is 335 g/mol. The highest BCUT2D eigenvalue weighted by molar-refractivity contribution is 7.84. The molecule has 0 aliphatic carbocycles. The minimum absolute atomic E-state index is 0.00645. The van der Waals surface area contributed by atoms with Crippen molar-refractivity contribution in [2.75, 3.05) is 11.1 Å². The summed E-state index contributed by atoms with van der Waals surface area (Å²) in [5, 5.41) is 11.5. The molecule has 23 heavy (non-hydrogen) atoms. The van der Waals surface area contributed by atoms with Crippen LogP contribution in [0.4, 0.5) is 5.69 Å². The molecule has 2 N–H and O–H groups in total. The molecule has 1 aromatic heterocycles. The summed E-state index contributed by atoms with van der Waals surface area (Å²) in [5.41, 5.74) is 2.71. The van der Waals surface area contributed by atoms with Crippen LogP contribution < -0.4 is 5.32 Å². The zero-order valence-electron chi connectivity index (χ0n) is 12.8. The van der Waals surface area contributed by atoms with Crippen molar-refractivity contribution in [1.82, 2.24) is 0 Å². The van der Waals surface area contributed by atoms with Crippen molar-refractivity contribution in [2.24, 2.45) is 0 Å². The molecule has 1 amide bonds. The Morgan fingerprint density at radius 2 is 1.96 bits per heavy atom. The summed E-state index contributed by atoms with van der Waals surface area (Å²) in [4.78, 5) is 22.7. The van der Waals surface area contributed by atoms with Gasteiger partial charge in [-0.1, -0.05) is 12.1 Å². The van der Waals surface area contributed by atoms with E-state index >= 15 is 0 Å². The van der Waals surface area contributed by atoms with Crippen molar-refractivity contribution in [1.29, 1.82) is 0 Å². The number of amides is 1. The molecule has 122 valence electrons. The second-order valence-corrected chi connectivity index (χ2v) is 6.55. The lowest BCUT2D eigenvalue weighted by molar-refractivity contribution is -0.113. The Bertz CT molecular complexity index is 766. The standard InChI is InChI=1S/C16H17NO5S/c1-10-4-3-5-13(11(10)2)17-15(18)9-23(21)8-12-6-7-14(22-12)16(19)20/h3-7H,8-9H2,1-2H3,(H,17,18)(H,19,20). The van der Waals surface area contributed by atoms with Gasteiger partial charge in [-0.3, -0.25) is 9.00 Å². The number of carbonyl (C=O) groups excluding carboxylic acids is 1. The number of hydrogen-bond acceptors (Lipinski definition) is 4. The maximum absolute atomic E-state index is 12.0. The molecule has 0 saturated carbocycles. The smallest absolute Gasteiger partial charge is 0.371 e. The third-order valence-corrected chi connectivity index (χ3v) is 4.54. The molecule has 2 aromatic rings. The fraction of sp³-hybridized carbons (Fsp3) is 0.250. The summed E-state index contributed by atoms with van der Waals surface area (Å²) >= 11 is 0. The van der Waals surface area contributed by atoms with Crippen molar-refractivity contribution < 1.29 is 23.3 Å². The first-order valence-electron chi connectivity index (χ1n) is 6.90. The van der Waals surface area contributed by atoms with Crippen LogP contribution in [0.1, 0.15) is 27.4 Å². The second kappa shape index (κ2) is 7.23. The number of furan rings is 1. The molecular formula is C16H17NO5S. The minimum Gasteiger partial charge on any atom is -0.475 e. The van der Waals surface area contributed by atoms with E-state index < -0.39 is 16.8 Å². The highest BCUT2D eigenvalue weighted by atomic mass is 32.2. The summed E-state index contributed by atoms with van der Waals surface area (Å²) in [6.07, 6.45) is 0. The average molecular weight is 335 g/mol. The Hall–Kier alpha value is -2.41. The number of rotatable bonds is 6. The van der Waals surface area contributed by atoms with Crippen LogP contribution in [0.5, 0.6) is 0 Å². The summed E-state index contributed by atoms with van der Waals surface area (Å²) < 4.78 is 17.0. The first-order valence-corrected chi connectivity index (χ1v) is 8.38. The number of aryl methyl sites for hydroxylation is 1. The molecule has 0 fully saturated rings. The predicted molar refractivity (Wildman–Crippen MR) is 86.9 cm³/mol. The highest BCUT2D eigenvalue weighted by Gasteiger charge is 2.14. The average Bonchev–Trinajstić information content (AvgIpc) is 2.92. The van der Waals surface area contributed by atoms with E-state index in [0.29, 0.717) is 5.69 Å². The molecule has 1 unspecified atom stereocenters. The van der Waals surface area contributed by atoms with Crippen LogP contribution >= 0.6 is 0 Å². The number of anilines is 1. The van der Waals surface area contributed by atoms with Crippen LogP contribution in [0.3, 0.4) is 0 Å². The van der Waals surface area contributed by atoms with E-state index in [1.54, 1.807) is 6.07 Å². The molecule has 1 atom stereocenters. The van der Waals surface area contributed by atoms with E-state index in [-0.39, 0.29) is 28.9 Å². The lowest BCUT2D eigenvalue weighted by atomic mass is 10.1. The summed E-state index contributed by atoms with van der Waals surface area (Å²) in [5.74, 6) is -1.67. The molecule has 0 radical (unpaired) electrons. The number of benzene rings is 1. The minimum atomic E-state index is -1.49. The van der Waals surface area contributed by atoms with Crippen LogP contribution in [0.15, 0.2) is 34.7 Å². The highest BCUT2D eigenvalue weighted by Crippen LogP contribution is 2.18. The normalized spacial score (nSPS) is 11.9. The van der Waals surface area contributed by atoms with Gasteiger partial charge < -0.3 is 14.8 Å². The van der Waals surface area contributed by atoms with Crippen molar-refractivity contribution in [3.63, 3.8) is 0 Å². The van der Waals surface area contributed by atoms with Gasteiger partial charge in [0.05, 0.1) is 5.75 Å². The maximum Gasteiger partial charge on any atom is 0.371 e. The Morgan fingerprint density at radius 1 is 1.22 bits per heavy atom. The lowest BCUT2D eigenvalue weighted by Gasteiger charge is -2.10. The van der Waals surface area contributed by atoms with Crippen LogP contribution in [0.25, 0.3) is 0 Å². The maximum atomic E-state index is 12.0. The second-order valence-electron chi connectivity index (χ2n) is 5.10. The zero-order valence-corrected chi connectivity index (χ0v) is 13.6. The lowest BCUT2D eigenvalue weighted by Crippen LogP contribution is -2.20. The number of carboxylic acid groups (broad SMARTS) is 1. The van der Waals surface area contributed by atoms with Crippen molar-refractivity contribution in [3.8, 4) is 0 Å². The molecule has 1 aromatic carbocycles. The molecule has 6 nitrogen and oxygen atoms in total. The number of aromatic carboxylic acids is 1. The van der Waals surface area contributed by atoms with E-state index in [0.717, 1.165) is 11.1 Å². The van der Waals surface area contributed by atoms with Crippen LogP contribution in [0.2, 0.25) is 0 Å². The molecule has 7 heteroatoms. The largest absolute Gasteiger partial charge is 0.475 e. The van der Waals surface area contributed by atoms with Gasteiger partial charge in [0.2, 0.25) is 11.7 Å². The van der Waals surface area contributed by atoms with Gasteiger partial charge in [-0.2, -0.15) is 0 Å². The van der Waals surface area contributed by atoms with Crippen molar-refractivity contribution in [2.45, 2.75) is 19.6 Å². The first kappa shape index (κ1) is 17.0. The fourth-order valence-electron chi connectivity index (χ4n) is 2.00. The topological polar surface area (TPSA) is 96.6 Å². The number of hydrogen-bond donors (Lipinski definition) is 2. The number of carboxylic acids is 1. The van der Waals surface area contributed by atoms with Crippen LogP contribution in [-0.4, -0.2) is 26.9 Å². The van der Waals surface area contributed by atoms with Gasteiger partial charge >= 0.3 is 5.97 Å². The number of nitrogens with one attached hydrogen (secondary N) is 1. The van der Waals surface area contributed by atoms with E-state index in [1.165, 1.54) is 12.1 Å². The summed E-state index contributed by atoms with van der Waals surface area (Å²) in [6, 6.07) is 8.31. The van der Waals surface area contributed by atoms with E-state index in [4.69, 9.17) is 9.52 Å². The van der Waals surface area contributed by atoms with Gasteiger partial charge in [-0.15, -0.1) is 0 Å². The molecule has 2 rings (SSSR count).